The monoisotopic (exact) mass is 265 g/mol. The fraction of sp³-hybridized carbons (Fsp3) is 0.727. The van der Waals surface area contributed by atoms with Gasteiger partial charge in [0.1, 0.15) is 6.33 Å². The fourth-order valence-electron chi connectivity index (χ4n) is 1.77. The number of tetrazole rings is 1. The molecule has 0 atom stereocenters. The Kier molecular flexibility index (Phi) is 3.25. The summed E-state index contributed by atoms with van der Waals surface area (Å²) in [6, 6.07) is 0.151. The molecule has 104 valence electrons. The van der Waals surface area contributed by atoms with Crippen LogP contribution >= 0.6 is 0 Å². The summed E-state index contributed by atoms with van der Waals surface area (Å²) < 4.78 is 4.66. The Morgan fingerprint density at radius 3 is 2.53 bits per heavy atom. The average molecular weight is 265 g/mol. The van der Waals surface area contributed by atoms with Crippen molar-refractivity contribution in [1.82, 2.24) is 34.6 Å². The minimum atomic E-state index is -0.341. The van der Waals surface area contributed by atoms with E-state index in [1.807, 2.05) is 34.6 Å². The van der Waals surface area contributed by atoms with E-state index in [1.54, 1.807) is 4.68 Å². The maximum Gasteiger partial charge on any atom is 0.346 e. The van der Waals surface area contributed by atoms with Crippen LogP contribution in [0.15, 0.2) is 11.1 Å². The highest BCUT2D eigenvalue weighted by atomic mass is 16.2. The van der Waals surface area contributed by atoms with Crippen molar-refractivity contribution in [1.29, 1.82) is 0 Å². The topological polar surface area (TPSA) is 83.4 Å². The number of rotatable bonds is 3. The Balaban J connectivity index is 2.33. The smallest absolute Gasteiger partial charge is 0.274 e. The van der Waals surface area contributed by atoms with Crippen LogP contribution in [0, 0.1) is 0 Å². The van der Waals surface area contributed by atoms with Gasteiger partial charge in [0.15, 0.2) is 5.82 Å². The minimum absolute atomic E-state index is 0.151. The molecule has 0 aliphatic heterocycles. The molecule has 0 amide bonds. The second kappa shape index (κ2) is 4.60. The molecular weight excluding hydrogens is 246 g/mol. The summed E-state index contributed by atoms with van der Waals surface area (Å²) in [4.78, 5) is 12.2. The number of hydrogen-bond acceptors (Lipinski definition) is 5. The van der Waals surface area contributed by atoms with Gasteiger partial charge in [0.05, 0.1) is 18.1 Å². The van der Waals surface area contributed by atoms with E-state index in [0.29, 0.717) is 12.4 Å². The van der Waals surface area contributed by atoms with E-state index in [-0.39, 0.29) is 17.3 Å². The van der Waals surface area contributed by atoms with E-state index < -0.39 is 0 Å². The van der Waals surface area contributed by atoms with Crippen molar-refractivity contribution in [3.8, 4) is 0 Å². The zero-order valence-corrected chi connectivity index (χ0v) is 11.9. The van der Waals surface area contributed by atoms with Crippen LogP contribution in [0.3, 0.4) is 0 Å². The zero-order chi connectivity index (χ0) is 14.2. The molecule has 0 saturated carbocycles. The molecule has 0 aliphatic rings. The second-order valence-electron chi connectivity index (χ2n) is 5.76. The molecule has 0 aromatic carbocycles. The number of aromatic nitrogens is 7. The summed E-state index contributed by atoms with van der Waals surface area (Å²) in [6.45, 7) is 10.1. The van der Waals surface area contributed by atoms with Crippen molar-refractivity contribution in [3.63, 3.8) is 0 Å². The molecule has 0 bridgehead atoms. The summed E-state index contributed by atoms with van der Waals surface area (Å²) in [5, 5.41) is 15.6. The molecule has 0 saturated heterocycles. The van der Waals surface area contributed by atoms with Crippen molar-refractivity contribution in [2.75, 3.05) is 0 Å². The van der Waals surface area contributed by atoms with Gasteiger partial charge >= 0.3 is 5.69 Å². The van der Waals surface area contributed by atoms with Crippen LogP contribution in [-0.4, -0.2) is 34.6 Å². The van der Waals surface area contributed by atoms with Crippen LogP contribution < -0.4 is 5.69 Å². The third-order valence-electron chi connectivity index (χ3n) is 2.73. The summed E-state index contributed by atoms with van der Waals surface area (Å²) in [6.07, 6.45) is 1.52. The predicted molar refractivity (Wildman–Crippen MR) is 68.8 cm³/mol. The van der Waals surface area contributed by atoms with Crippen LogP contribution in [0.5, 0.6) is 0 Å². The van der Waals surface area contributed by atoms with Gasteiger partial charge in [0.25, 0.3) is 0 Å². The molecule has 2 heterocycles. The first kappa shape index (κ1) is 13.4. The lowest BCUT2D eigenvalue weighted by molar-refractivity contribution is 0.340. The third-order valence-corrected chi connectivity index (χ3v) is 2.73. The van der Waals surface area contributed by atoms with Crippen molar-refractivity contribution in [2.45, 2.75) is 52.7 Å². The van der Waals surface area contributed by atoms with Crippen LogP contribution in [0.2, 0.25) is 0 Å². The highest BCUT2D eigenvalue weighted by molar-refractivity contribution is 4.87. The number of hydrogen-bond donors (Lipinski definition) is 0. The molecule has 0 aliphatic carbocycles. The molecule has 8 heteroatoms. The normalized spacial score (nSPS) is 12.3. The lowest BCUT2D eigenvalue weighted by Gasteiger charge is -2.16. The maximum absolute atomic E-state index is 12.2. The first-order valence-electron chi connectivity index (χ1n) is 6.22. The first-order chi connectivity index (χ1) is 8.80. The quantitative estimate of drug-likeness (QED) is 0.803. The van der Waals surface area contributed by atoms with Crippen molar-refractivity contribution in [3.05, 3.63) is 22.6 Å². The maximum atomic E-state index is 12.2. The van der Waals surface area contributed by atoms with Crippen LogP contribution in [0.25, 0.3) is 0 Å². The second-order valence-corrected chi connectivity index (χ2v) is 5.76. The van der Waals surface area contributed by atoms with E-state index in [0.717, 1.165) is 0 Å². The Morgan fingerprint density at radius 2 is 2.00 bits per heavy atom. The van der Waals surface area contributed by atoms with E-state index in [2.05, 4.69) is 20.6 Å². The first-order valence-corrected chi connectivity index (χ1v) is 6.22. The van der Waals surface area contributed by atoms with E-state index in [4.69, 9.17) is 0 Å². The van der Waals surface area contributed by atoms with Gasteiger partial charge in [0.2, 0.25) is 0 Å². The Hall–Kier alpha value is -1.99. The molecule has 19 heavy (non-hydrogen) atoms. The van der Waals surface area contributed by atoms with E-state index in [9.17, 15) is 4.79 Å². The largest absolute Gasteiger partial charge is 0.346 e. The predicted octanol–water partition coefficient (Wildman–Crippen LogP) is 0.415. The highest BCUT2D eigenvalue weighted by Gasteiger charge is 2.19. The third kappa shape index (κ3) is 2.56. The van der Waals surface area contributed by atoms with Gasteiger partial charge in [-0.1, -0.05) is 0 Å². The SMILES string of the molecule is CC(C)n1nnnc1Cn1cnn(C(C)(C)C)c1=O. The molecule has 0 fully saturated rings. The van der Waals surface area contributed by atoms with Gasteiger partial charge < -0.3 is 0 Å². The van der Waals surface area contributed by atoms with E-state index >= 15 is 0 Å². The molecule has 0 N–H and O–H groups in total. The molecule has 2 aromatic rings. The Bertz CT molecular complexity index is 614. The van der Waals surface area contributed by atoms with Gasteiger partial charge in [-0.25, -0.2) is 14.2 Å². The highest BCUT2D eigenvalue weighted by Crippen LogP contribution is 2.09. The molecule has 0 unspecified atom stereocenters. The fourth-order valence-corrected chi connectivity index (χ4v) is 1.77. The summed E-state index contributed by atoms with van der Waals surface area (Å²) in [5.41, 5.74) is -0.502. The van der Waals surface area contributed by atoms with Crippen molar-refractivity contribution >= 4 is 0 Å². The lowest BCUT2D eigenvalue weighted by atomic mass is 10.1. The molecular formula is C11H19N7O. The zero-order valence-electron chi connectivity index (χ0n) is 11.9. The molecule has 8 nitrogen and oxygen atoms in total. The van der Waals surface area contributed by atoms with E-state index in [1.165, 1.54) is 15.6 Å². The minimum Gasteiger partial charge on any atom is -0.274 e. The lowest BCUT2D eigenvalue weighted by Crippen LogP contribution is -2.36. The molecule has 0 spiro atoms. The standard InChI is InChI=1S/C11H19N7O/c1-8(2)17-9(13-14-15-17)6-16-7-12-18(10(16)19)11(3,4)5/h7-8H,6H2,1-5H3. The molecule has 0 radical (unpaired) electrons. The summed E-state index contributed by atoms with van der Waals surface area (Å²) in [7, 11) is 0. The Morgan fingerprint density at radius 1 is 1.32 bits per heavy atom. The van der Waals surface area contributed by atoms with Crippen LogP contribution in [0.4, 0.5) is 0 Å². The van der Waals surface area contributed by atoms with Gasteiger partial charge in [-0.15, -0.1) is 5.10 Å². The van der Waals surface area contributed by atoms with Gasteiger partial charge in [-0.2, -0.15) is 5.10 Å². The summed E-state index contributed by atoms with van der Waals surface area (Å²) >= 11 is 0. The summed E-state index contributed by atoms with van der Waals surface area (Å²) in [5.74, 6) is 0.644. The molecule has 2 aromatic heterocycles. The van der Waals surface area contributed by atoms with Gasteiger partial charge in [-0.3, -0.25) is 4.57 Å². The number of nitrogens with zero attached hydrogens (tertiary/aromatic N) is 7. The van der Waals surface area contributed by atoms with Crippen molar-refractivity contribution in [2.24, 2.45) is 0 Å². The van der Waals surface area contributed by atoms with Crippen LogP contribution in [-0.2, 0) is 12.1 Å². The van der Waals surface area contributed by atoms with Crippen LogP contribution in [0.1, 0.15) is 46.5 Å². The Labute approximate surface area is 111 Å². The average Bonchev–Trinajstić information content (AvgIpc) is 2.86. The molecule has 2 rings (SSSR count). The van der Waals surface area contributed by atoms with Gasteiger partial charge in [0, 0.05) is 0 Å². The van der Waals surface area contributed by atoms with Crippen molar-refractivity contribution < 1.29 is 0 Å². The van der Waals surface area contributed by atoms with Gasteiger partial charge in [-0.05, 0) is 45.0 Å².